The van der Waals surface area contributed by atoms with Gasteiger partial charge in [0.05, 0.1) is 18.8 Å². The minimum absolute atomic E-state index is 0.0204. The molecule has 0 aromatic rings. The number of carbonyl (C=O) groups is 3. The summed E-state index contributed by atoms with van der Waals surface area (Å²) >= 11 is 0. The zero-order valence-electron chi connectivity index (χ0n) is 11.7. The summed E-state index contributed by atoms with van der Waals surface area (Å²) in [6.45, 7) is -0.448. The molecule has 8 heteroatoms. The normalized spacial score (nSPS) is 25.0. The summed E-state index contributed by atoms with van der Waals surface area (Å²) in [4.78, 5) is 36.6. The standard InChI is InChI=1S/C13H20N2O6/c16-11(17)7-14(8-12(18)19)13(20)15-5-6-21-10-4-2-1-3-9(10)15/h9-10H,1-8H2,(H,16,17)(H,18,19). The lowest BCUT2D eigenvalue weighted by molar-refractivity contribution is -0.141. The Kier molecular flexibility index (Phi) is 5.00. The lowest BCUT2D eigenvalue weighted by Crippen LogP contribution is -2.59. The summed E-state index contributed by atoms with van der Waals surface area (Å²) in [6, 6.07) is -0.606. The van der Waals surface area contributed by atoms with Gasteiger partial charge in [0.15, 0.2) is 0 Å². The molecule has 2 N–H and O–H groups in total. The number of carboxylic acid groups (broad SMARTS) is 2. The van der Waals surface area contributed by atoms with Crippen molar-refractivity contribution in [1.29, 1.82) is 0 Å². The molecule has 2 unspecified atom stereocenters. The van der Waals surface area contributed by atoms with Gasteiger partial charge in [-0.25, -0.2) is 4.79 Å². The second-order valence-corrected chi connectivity index (χ2v) is 5.38. The molecule has 1 saturated heterocycles. The SMILES string of the molecule is O=C(O)CN(CC(=O)O)C(=O)N1CCOC2CCCCC21. The molecule has 2 fully saturated rings. The number of hydrogen-bond donors (Lipinski definition) is 2. The fourth-order valence-electron chi connectivity index (χ4n) is 3.03. The molecule has 21 heavy (non-hydrogen) atoms. The van der Waals surface area contributed by atoms with Crippen molar-refractivity contribution in [2.24, 2.45) is 0 Å². The highest BCUT2D eigenvalue weighted by Crippen LogP contribution is 2.29. The number of ether oxygens (including phenoxy) is 1. The summed E-state index contributed by atoms with van der Waals surface area (Å²) in [7, 11) is 0. The molecule has 2 atom stereocenters. The first-order chi connectivity index (χ1) is 9.99. The Morgan fingerprint density at radius 2 is 1.71 bits per heavy atom. The summed E-state index contributed by atoms with van der Waals surface area (Å²) in [5.41, 5.74) is 0. The van der Waals surface area contributed by atoms with E-state index in [1.807, 2.05) is 0 Å². The summed E-state index contributed by atoms with van der Waals surface area (Å²) in [5.74, 6) is -2.45. The fourth-order valence-corrected chi connectivity index (χ4v) is 3.03. The summed E-state index contributed by atoms with van der Waals surface area (Å²) in [5, 5.41) is 17.7. The zero-order valence-corrected chi connectivity index (χ0v) is 11.7. The maximum absolute atomic E-state index is 12.5. The van der Waals surface area contributed by atoms with E-state index < -0.39 is 31.1 Å². The van der Waals surface area contributed by atoms with Crippen LogP contribution >= 0.6 is 0 Å². The van der Waals surface area contributed by atoms with Crippen molar-refractivity contribution in [3.05, 3.63) is 0 Å². The Hall–Kier alpha value is -1.83. The number of amides is 2. The van der Waals surface area contributed by atoms with E-state index in [0.29, 0.717) is 13.2 Å². The van der Waals surface area contributed by atoms with Gasteiger partial charge in [-0.05, 0) is 12.8 Å². The molecule has 2 aliphatic rings. The number of carbonyl (C=O) groups excluding carboxylic acids is 1. The number of hydrogen-bond acceptors (Lipinski definition) is 4. The van der Waals surface area contributed by atoms with Crippen LogP contribution in [0.4, 0.5) is 4.79 Å². The molecule has 8 nitrogen and oxygen atoms in total. The van der Waals surface area contributed by atoms with Gasteiger partial charge in [0.25, 0.3) is 0 Å². The van der Waals surface area contributed by atoms with Gasteiger partial charge in [-0.2, -0.15) is 0 Å². The largest absolute Gasteiger partial charge is 0.480 e. The summed E-state index contributed by atoms with van der Waals surface area (Å²) in [6.07, 6.45) is 3.72. The number of urea groups is 1. The first kappa shape index (κ1) is 15.6. The van der Waals surface area contributed by atoms with Crippen LogP contribution in [0.3, 0.4) is 0 Å². The molecule has 2 amide bonds. The Morgan fingerprint density at radius 1 is 1.10 bits per heavy atom. The quantitative estimate of drug-likeness (QED) is 0.769. The van der Waals surface area contributed by atoms with Crippen molar-refractivity contribution in [3.8, 4) is 0 Å². The van der Waals surface area contributed by atoms with Crippen LogP contribution in [-0.2, 0) is 14.3 Å². The van der Waals surface area contributed by atoms with Crippen LogP contribution in [0.1, 0.15) is 25.7 Å². The third-order valence-corrected chi connectivity index (χ3v) is 3.90. The number of fused-ring (bicyclic) bond motifs is 1. The second-order valence-electron chi connectivity index (χ2n) is 5.38. The molecular formula is C13H20N2O6. The van der Waals surface area contributed by atoms with E-state index in [1.54, 1.807) is 4.90 Å². The molecular weight excluding hydrogens is 280 g/mol. The molecule has 0 aromatic carbocycles. The van der Waals surface area contributed by atoms with Crippen molar-refractivity contribution >= 4 is 18.0 Å². The van der Waals surface area contributed by atoms with E-state index in [9.17, 15) is 14.4 Å². The molecule has 1 saturated carbocycles. The minimum Gasteiger partial charge on any atom is -0.480 e. The molecule has 0 aromatic heterocycles. The minimum atomic E-state index is -1.22. The molecule has 2 rings (SSSR count). The summed E-state index contributed by atoms with van der Waals surface area (Å²) < 4.78 is 5.66. The molecule has 1 aliphatic carbocycles. The number of aliphatic carboxylic acids is 2. The first-order valence-corrected chi connectivity index (χ1v) is 7.09. The average molecular weight is 300 g/mol. The predicted octanol–water partition coefficient (Wildman–Crippen LogP) is 0.221. The first-order valence-electron chi connectivity index (χ1n) is 7.09. The van der Waals surface area contributed by atoms with E-state index in [1.165, 1.54) is 0 Å². The predicted molar refractivity (Wildman–Crippen MR) is 70.9 cm³/mol. The lowest BCUT2D eigenvalue weighted by atomic mass is 9.90. The third kappa shape index (κ3) is 3.84. The molecule has 118 valence electrons. The lowest BCUT2D eigenvalue weighted by Gasteiger charge is -2.45. The molecule has 0 bridgehead atoms. The Bertz CT molecular complexity index is 409. The zero-order chi connectivity index (χ0) is 15.4. The smallest absolute Gasteiger partial charge is 0.323 e. The maximum Gasteiger partial charge on any atom is 0.323 e. The Balaban J connectivity index is 2.10. The number of rotatable bonds is 4. The van der Waals surface area contributed by atoms with Crippen molar-refractivity contribution in [2.75, 3.05) is 26.2 Å². The van der Waals surface area contributed by atoms with E-state index >= 15 is 0 Å². The van der Waals surface area contributed by atoms with Crippen LogP contribution < -0.4 is 0 Å². The molecule has 0 radical (unpaired) electrons. The highest BCUT2D eigenvalue weighted by Gasteiger charge is 2.38. The maximum atomic E-state index is 12.5. The Labute approximate surface area is 122 Å². The van der Waals surface area contributed by atoms with Gasteiger partial charge < -0.3 is 24.7 Å². The van der Waals surface area contributed by atoms with Gasteiger partial charge in [0, 0.05) is 6.54 Å². The van der Waals surface area contributed by atoms with Crippen LogP contribution in [0, 0.1) is 0 Å². The van der Waals surface area contributed by atoms with Crippen LogP contribution in [-0.4, -0.2) is 76.4 Å². The van der Waals surface area contributed by atoms with E-state index in [4.69, 9.17) is 14.9 Å². The van der Waals surface area contributed by atoms with Crippen LogP contribution in [0.15, 0.2) is 0 Å². The van der Waals surface area contributed by atoms with Crippen LogP contribution in [0.5, 0.6) is 0 Å². The second kappa shape index (κ2) is 6.75. The number of nitrogens with zero attached hydrogens (tertiary/aromatic N) is 2. The number of carboxylic acids is 2. The fraction of sp³-hybridized carbons (Fsp3) is 0.769. The van der Waals surface area contributed by atoms with E-state index in [2.05, 4.69) is 0 Å². The monoisotopic (exact) mass is 300 g/mol. The van der Waals surface area contributed by atoms with Crippen molar-refractivity contribution in [3.63, 3.8) is 0 Å². The molecule has 1 aliphatic heterocycles. The highest BCUT2D eigenvalue weighted by molar-refractivity contribution is 5.84. The molecule has 1 heterocycles. The molecule has 0 spiro atoms. The van der Waals surface area contributed by atoms with Crippen molar-refractivity contribution < 1.29 is 29.3 Å². The van der Waals surface area contributed by atoms with Gasteiger partial charge in [-0.1, -0.05) is 12.8 Å². The number of morpholine rings is 1. The average Bonchev–Trinajstić information content (AvgIpc) is 2.44. The Morgan fingerprint density at radius 3 is 2.33 bits per heavy atom. The van der Waals surface area contributed by atoms with Crippen molar-refractivity contribution in [2.45, 2.75) is 37.8 Å². The van der Waals surface area contributed by atoms with Crippen LogP contribution in [0.25, 0.3) is 0 Å². The van der Waals surface area contributed by atoms with E-state index in [0.717, 1.165) is 30.6 Å². The van der Waals surface area contributed by atoms with Gasteiger partial charge in [0.2, 0.25) is 0 Å². The van der Waals surface area contributed by atoms with Crippen LogP contribution in [0.2, 0.25) is 0 Å². The van der Waals surface area contributed by atoms with Gasteiger partial charge in [0.1, 0.15) is 13.1 Å². The van der Waals surface area contributed by atoms with Crippen molar-refractivity contribution in [1.82, 2.24) is 9.80 Å². The van der Waals surface area contributed by atoms with Gasteiger partial charge in [-0.15, -0.1) is 0 Å². The van der Waals surface area contributed by atoms with Gasteiger partial charge >= 0.3 is 18.0 Å². The third-order valence-electron chi connectivity index (χ3n) is 3.90. The highest BCUT2D eigenvalue weighted by atomic mass is 16.5. The van der Waals surface area contributed by atoms with E-state index in [-0.39, 0.29) is 12.1 Å². The topological polar surface area (TPSA) is 107 Å². The van der Waals surface area contributed by atoms with Gasteiger partial charge in [-0.3, -0.25) is 9.59 Å².